The second kappa shape index (κ2) is 6.01. The van der Waals surface area contributed by atoms with Gasteiger partial charge >= 0.3 is 0 Å². The molecule has 0 aliphatic carbocycles. The SMILES string of the molecule is Cc1ccc(N)cc1SCc1nnc(-c2ccccc2)o1. The van der Waals surface area contributed by atoms with Crippen LogP contribution >= 0.6 is 11.8 Å². The minimum atomic E-state index is 0.551. The molecule has 106 valence electrons. The van der Waals surface area contributed by atoms with Crippen LogP contribution in [0.4, 0.5) is 5.69 Å². The lowest BCUT2D eigenvalue weighted by Crippen LogP contribution is -1.88. The summed E-state index contributed by atoms with van der Waals surface area (Å²) in [5, 5.41) is 8.17. The van der Waals surface area contributed by atoms with Gasteiger partial charge in [-0.3, -0.25) is 0 Å². The van der Waals surface area contributed by atoms with Gasteiger partial charge in [-0.1, -0.05) is 24.3 Å². The van der Waals surface area contributed by atoms with Gasteiger partial charge in [0.2, 0.25) is 11.8 Å². The fourth-order valence-corrected chi connectivity index (χ4v) is 2.83. The van der Waals surface area contributed by atoms with E-state index >= 15 is 0 Å². The van der Waals surface area contributed by atoms with Crippen molar-refractivity contribution in [2.45, 2.75) is 17.6 Å². The van der Waals surface area contributed by atoms with Gasteiger partial charge in [0.1, 0.15) is 0 Å². The van der Waals surface area contributed by atoms with E-state index in [9.17, 15) is 0 Å². The largest absolute Gasteiger partial charge is 0.420 e. The fraction of sp³-hybridized carbons (Fsp3) is 0.125. The Labute approximate surface area is 127 Å². The van der Waals surface area contributed by atoms with Crippen molar-refractivity contribution in [1.29, 1.82) is 0 Å². The molecule has 0 radical (unpaired) electrons. The van der Waals surface area contributed by atoms with E-state index in [1.165, 1.54) is 5.56 Å². The van der Waals surface area contributed by atoms with Crippen molar-refractivity contribution < 1.29 is 4.42 Å². The molecule has 0 saturated carbocycles. The number of benzene rings is 2. The molecule has 0 saturated heterocycles. The highest BCUT2D eigenvalue weighted by atomic mass is 32.2. The summed E-state index contributed by atoms with van der Waals surface area (Å²) >= 11 is 1.65. The van der Waals surface area contributed by atoms with Crippen molar-refractivity contribution >= 4 is 17.4 Å². The molecular formula is C16H15N3OS. The Morgan fingerprint density at radius 2 is 1.90 bits per heavy atom. The molecule has 3 aromatic rings. The van der Waals surface area contributed by atoms with E-state index in [1.54, 1.807) is 11.8 Å². The van der Waals surface area contributed by atoms with Crippen LogP contribution in [0.1, 0.15) is 11.5 Å². The zero-order valence-corrected chi connectivity index (χ0v) is 12.4. The van der Waals surface area contributed by atoms with E-state index in [0.717, 1.165) is 16.1 Å². The molecule has 21 heavy (non-hydrogen) atoms. The maximum Gasteiger partial charge on any atom is 0.247 e. The second-order valence-electron chi connectivity index (χ2n) is 4.68. The van der Waals surface area contributed by atoms with E-state index in [2.05, 4.69) is 17.1 Å². The van der Waals surface area contributed by atoms with Crippen molar-refractivity contribution in [1.82, 2.24) is 10.2 Å². The Hall–Kier alpha value is -2.27. The molecule has 0 aliphatic rings. The highest BCUT2D eigenvalue weighted by Crippen LogP contribution is 2.28. The average Bonchev–Trinajstić information content (AvgIpc) is 2.98. The molecule has 1 aromatic heterocycles. The van der Waals surface area contributed by atoms with Crippen LogP contribution in [0.25, 0.3) is 11.5 Å². The third kappa shape index (κ3) is 3.25. The van der Waals surface area contributed by atoms with Gasteiger partial charge in [-0.2, -0.15) is 0 Å². The van der Waals surface area contributed by atoms with E-state index in [1.807, 2.05) is 48.5 Å². The molecule has 0 atom stereocenters. The predicted octanol–water partition coefficient (Wildman–Crippen LogP) is 3.92. The molecule has 4 nitrogen and oxygen atoms in total. The standard InChI is InChI=1S/C16H15N3OS/c1-11-7-8-13(17)9-14(11)21-10-15-18-19-16(20-15)12-5-3-2-4-6-12/h2-9H,10,17H2,1H3. The summed E-state index contributed by atoms with van der Waals surface area (Å²) < 4.78 is 5.69. The van der Waals surface area contributed by atoms with Crippen molar-refractivity contribution in [2.75, 3.05) is 5.73 Å². The molecule has 2 aromatic carbocycles. The van der Waals surface area contributed by atoms with Gasteiger partial charge in [-0.15, -0.1) is 22.0 Å². The van der Waals surface area contributed by atoms with Gasteiger partial charge in [0.25, 0.3) is 0 Å². The molecule has 1 heterocycles. The normalized spacial score (nSPS) is 10.7. The summed E-state index contributed by atoms with van der Waals surface area (Å²) in [4.78, 5) is 1.13. The predicted molar refractivity (Wildman–Crippen MR) is 84.9 cm³/mol. The Morgan fingerprint density at radius 3 is 2.71 bits per heavy atom. The zero-order valence-electron chi connectivity index (χ0n) is 11.6. The first-order valence-corrected chi connectivity index (χ1v) is 7.57. The third-order valence-electron chi connectivity index (χ3n) is 3.05. The topological polar surface area (TPSA) is 64.9 Å². The number of anilines is 1. The highest BCUT2D eigenvalue weighted by molar-refractivity contribution is 7.98. The van der Waals surface area contributed by atoms with E-state index < -0.39 is 0 Å². The lowest BCUT2D eigenvalue weighted by Gasteiger charge is -2.04. The third-order valence-corrected chi connectivity index (χ3v) is 4.19. The quantitative estimate of drug-likeness (QED) is 0.584. The van der Waals surface area contributed by atoms with Crippen LogP contribution in [0.3, 0.4) is 0 Å². The Bertz CT molecular complexity index is 740. The number of aryl methyl sites for hydroxylation is 1. The molecular weight excluding hydrogens is 282 g/mol. The molecule has 0 bridgehead atoms. The lowest BCUT2D eigenvalue weighted by molar-refractivity contribution is 0.528. The molecule has 0 fully saturated rings. The lowest BCUT2D eigenvalue weighted by atomic mass is 10.2. The van der Waals surface area contributed by atoms with Crippen molar-refractivity contribution in [3.8, 4) is 11.5 Å². The number of nitrogens with zero attached hydrogens (tertiary/aromatic N) is 2. The number of nitrogen functional groups attached to an aromatic ring is 1. The summed E-state index contributed by atoms with van der Waals surface area (Å²) in [6, 6.07) is 15.6. The minimum Gasteiger partial charge on any atom is -0.420 e. The summed E-state index contributed by atoms with van der Waals surface area (Å²) in [7, 11) is 0. The molecule has 0 amide bonds. The number of aromatic nitrogens is 2. The Kier molecular flexibility index (Phi) is 3.92. The van der Waals surface area contributed by atoms with Gasteiger partial charge in [-0.05, 0) is 36.8 Å². The maximum atomic E-state index is 5.81. The van der Waals surface area contributed by atoms with Crippen LogP contribution in [0, 0.1) is 6.92 Å². The maximum absolute atomic E-state index is 5.81. The molecule has 5 heteroatoms. The molecule has 0 unspecified atom stereocenters. The van der Waals surface area contributed by atoms with Crippen LogP contribution < -0.4 is 5.73 Å². The molecule has 2 N–H and O–H groups in total. The second-order valence-corrected chi connectivity index (χ2v) is 5.70. The fourth-order valence-electron chi connectivity index (χ4n) is 1.92. The first kappa shape index (κ1) is 13.7. The minimum absolute atomic E-state index is 0.551. The average molecular weight is 297 g/mol. The van der Waals surface area contributed by atoms with Crippen LogP contribution in [-0.2, 0) is 5.75 Å². The highest BCUT2D eigenvalue weighted by Gasteiger charge is 2.09. The number of hydrogen-bond donors (Lipinski definition) is 1. The molecule has 0 aliphatic heterocycles. The summed E-state index contributed by atoms with van der Waals surface area (Å²) in [6.45, 7) is 2.06. The monoisotopic (exact) mass is 297 g/mol. The van der Waals surface area contributed by atoms with E-state index in [0.29, 0.717) is 17.5 Å². The van der Waals surface area contributed by atoms with Gasteiger partial charge in [0.05, 0.1) is 5.75 Å². The van der Waals surface area contributed by atoms with Crippen LogP contribution in [0.5, 0.6) is 0 Å². The number of rotatable bonds is 4. The van der Waals surface area contributed by atoms with Gasteiger partial charge in [0, 0.05) is 16.1 Å². The Balaban J connectivity index is 1.72. The van der Waals surface area contributed by atoms with Crippen LogP contribution in [0.15, 0.2) is 57.8 Å². The molecule has 0 spiro atoms. The van der Waals surface area contributed by atoms with Crippen LogP contribution in [-0.4, -0.2) is 10.2 Å². The molecule has 3 rings (SSSR count). The number of nitrogens with two attached hydrogens (primary N) is 1. The summed E-state index contributed by atoms with van der Waals surface area (Å²) in [5.74, 6) is 1.79. The van der Waals surface area contributed by atoms with Crippen molar-refractivity contribution in [3.63, 3.8) is 0 Å². The number of hydrogen-bond acceptors (Lipinski definition) is 5. The Morgan fingerprint density at radius 1 is 1.10 bits per heavy atom. The summed E-state index contributed by atoms with van der Waals surface area (Å²) in [5.41, 5.74) is 8.70. The van der Waals surface area contributed by atoms with Crippen LogP contribution in [0.2, 0.25) is 0 Å². The first-order chi connectivity index (χ1) is 10.2. The summed E-state index contributed by atoms with van der Waals surface area (Å²) in [6.07, 6.45) is 0. The van der Waals surface area contributed by atoms with E-state index in [-0.39, 0.29) is 0 Å². The van der Waals surface area contributed by atoms with Gasteiger partial charge in [0.15, 0.2) is 0 Å². The van der Waals surface area contributed by atoms with Crippen molar-refractivity contribution in [3.05, 3.63) is 60.0 Å². The van der Waals surface area contributed by atoms with Gasteiger partial charge < -0.3 is 10.2 Å². The van der Waals surface area contributed by atoms with E-state index in [4.69, 9.17) is 10.2 Å². The van der Waals surface area contributed by atoms with Gasteiger partial charge in [-0.25, -0.2) is 0 Å². The smallest absolute Gasteiger partial charge is 0.247 e. The zero-order chi connectivity index (χ0) is 14.7. The first-order valence-electron chi connectivity index (χ1n) is 6.59. The van der Waals surface area contributed by atoms with Crippen molar-refractivity contribution in [2.24, 2.45) is 0 Å². The number of thioether (sulfide) groups is 1.